The van der Waals surface area contributed by atoms with Gasteiger partial charge in [0.05, 0.1) is 0 Å². The van der Waals surface area contributed by atoms with Crippen LogP contribution < -0.4 is 0 Å². The molecule has 0 atom stereocenters. The normalized spacial score (nSPS) is 16.6. The number of fused-ring (bicyclic) bond motifs is 1. The van der Waals surface area contributed by atoms with Crippen molar-refractivity contribution >= 4 is 28.9 Å². The molecule has 1 fully saturated rings. The molecule has 0 amide bonds. The third kappa shape index (κ3) is 3.87. The smallest absolute Gasteiger partial charge is 0.167 e. The van der Waals surface area contributed by atoms with Gasteiger partial charge in [-0.15, -0.1) is 0 Å². The maximum Gasteiger partial charge on any atom is 0.167 e. The molecule has 1 saturated heterocycles. The highest BCUT2D eigenvalue weighted by Gasteiger charge is 2.23. The number of carbonyl (C=O) groups excluding carboxylic acids is 1. The van der Waals surface area contributed by atoms with E-state index in [0.29, 0.717) is 11.4 Å². The SMILES string of the molecule is O=C(Cc1cccc(Cl)c1)c1ccnc2c1CC(CCN1CCCC1)=N2. The van der Waals surface area contributed by atoms with Crippen LogP contribution in [0.5, 0.6) is 0 Å². The Kier molecular flexibility index (Phi) is 5.14. The van der Waals surface area contributed by atoms with Crippen LogP contribution in [0, 0.1) is 0 Å². The molecule has 0 aliphatic carbocycles. The third-order valence-electron chi connectivity index (χ3n) is 5.15. The van der Waals surface area contributed by atoms with Gasteiger partial charge in [0, 0.05) is 47.4 Å². The molecule has 0 spiro atoms. The van der Waals surface area contributed by atoms with Crippen LogP contribution >= 0.6 is 11.6 Å². The number of rotatable bonds is 6. The number of benzene rings is 1. The first-order valence-corrected chi connectivity index (χ1v) is 9.61. The van der Waals surface area contributed by atoms with Gasteiger partial charge in [0.25, 0.3) is 0 Å². The number of halogens is 1. The third-order valence-corrected chi connectivity index (χ3v) is 5.38. The van der Waals surface area contributed by atoms with Crippen LogP contribution in [0.1, 0.15) is 40.7 Å². The van der Waals surface area contributed by atoms with Crippen LogP contribution in [-0.4, -0.2) is 41.0 Å². The lowest BCUT2D eigenvalue weighted by Gasteiger charge is -2.13. The highest BCUT2D eigenvalue weighted by atomic mass is 35.5. The van der Waals surface area contributed by atoms with Gasteiger partial charge >= 0.3 is 0 Å². The first-order valence-electron chi connectivity index (χ1n) is 9.23. The number of hydrogen-bond donors (Lipinski definition) is 0. The number of carbonyl (C=O) groups is 1. The van der Waals surface area contributed by atoms with E-state index >= 15 is 0 Å². The van der Waals surface area contributed by atoms with Crippen molar-refractivity contribution in [3.05, 3.63) is 58.2 Å². The van der Waals surface area contributed by atoms with Gasteiger partial charge in [-0.1, -0.05) is 23.7 Å². The average Bonchev–Trinajstić information content (AvgIpc) is 3.28. The van der Waals surface area contributed by atoms with Crippen molar-refractivity contribution in [1.82, 2.24) is 9.88 Å². The Bertz CT molecular complexity index is 856. The summed E-state index contributed by atoms with van der Waals surface area (Å²) < 4.78 is 0. The molecule has 0 bridgehead atoms. The van der Waals surface area contributed by atoms with Gasteiger partial charge in [0.1, 0.15) is 0 Å². The largest absolute Gasteiger partial charge is 0.303 e. The van der Waals surface area contributed by atoms with Crippen molar-refractivity contribution in [2.75, 3.05) is 19.6 Å². The van der Waals surface area contributed by atoms with E-state index in [1.165, 1.54) is 25.9 Å². The highest BCUT2D eigenvalue weighted by Crippen LogP contribution is 2.29. The Morgan fingerprint density at radius 1 is 1.19 bits per heavy atom. The predicted molar refractivity (Wildman–Crippen MR) is 105 cm³/mol. The number of likely N-dealkylation sites (tertiary alicyclic amines) is 1. The summed E-state index contributed by atoms with van der Waals surface area (Å²) in [6.45, 7) is 3.45. The Morgan fingerprint density at radius 2 is 2.04 bits per heavy atom. The van der Waals surface area contributed by atoms with Crippen molar-refractivity contribution in [2.45, 2.75) is 32.1 Å². The number of pyridine rings is 1. The van der Waals surface area contributed by atoms with Crippen LogP contribution in [-0.2, 0) is 12.8 Å². The molecule has 134 valence electrons. The lowest BCUT2D eigenvalue weighted by Crippen LogP contribution is -2.22. The average molecular weight is 368 g/mol. The second kappa shape index (κ2) is 7.68. The minimum atomic E-state index is 0.0990. The van der Waals surface area contributed by atoms with E-state index in [9.17, 15) is 4.79 Å². The summed E-state index contributed by atoms with van der Waals surface area (Å²) in [5.74, 6) is 0.820. The second-order valence-corrected chi connectivity index (χ2v) is 7.48. The van der Waals surface area contributed by atoms with E-state index in [4.69, 9.17) is 11.6 Å². The van der Waals surface area contributed by atoms with Gasteiger partial charge in [0.15, 0.2) is 11.6 Å². The van der Waals surface area contributed by atoms with Crippen molar-refractivity contribution < 1.29 is 4.79 Å². The first kappa shape index (κ1) is 17.4. The molecule has 0 unspecified atom stereocenters. The molecular weight excluding hydrogens is 346 g/mol. The lowest BCUT2D eigenvalue weighted by atomic mass is 9.97. The van der Waals surface area contributed by atoms with E-state index in [2.05, 4.69) is 14.9 Å². The summed E-state index contributed by atoms with van der Waals surface area (Å²) in [6, 6.07) is 9.30. The van der Waals surface area contributed by atoms with Gasteiger partial charge in [-0.05, 0) is 56.1 Å². The molecular formula is C21H22ClN3O. The fraction of sp³-hybridized carbons (Fsp3) is 0.381. The van der Waals surface area contributed by atoms with Crippen molar-refractivity contribution in [1.29, 1.82) is 0 Å². The van der Waals surface area contributed by atoms with Crippen LogP contribution in [0.25, 0.3) is 0 Å². The summed E-state index contributed by atoms with van der Waals surface area (Å²) in [6.07, 6.45) is 6.34. The maximum absolute atomic E-state index is 12.8. The first-order chi connectivity index (χ1) is 12.7. The fourth-order valence-corrected chi connectivity index (χ4v) is 3.98. The molecule has 0 saturated carbocycles. The van der Waals surface area contributed by atoms with Gasteiger partial charge in [-0.3, -0.25) is 4.79 Å². The van der Waals surface area contributed by atoms with Crippen molar-refractivity contribution in [2.24, 2.45) is 4.99 Å². The zero-order chi connectivity index (χ0) is 17.9. The molecule has 4 rings (SSSR count). The predicted octanol–water partition coefficient (Wildman–Crippen LogP) is 4.27. The summed E-state index contributed by atoms with van der Waals surface area (Å²) in [5.41, 5.74) is 3.80. The Balaban J connectivity index is 1.45. The zero-order valence-corrected chi connectivity index (χ0v) is 15.5. The second-order valence-electron chi connectivity index (χ2n) is 7.04. The van der Waals surface area contributed by atoms with Gasteiger partial charge in [-0.25, -0.2) is 9.98 Å². The summed E-state index contributed by atoms with van der Waals surface area (Å²) in [7, 11) is 0. The molecule has 0 N–H and O–H groups in total. The molecule has 2 aliphatic heterocycles. The number of aliphatic imine (C=N–C) groups is 1. The topological polar surface area (TPSA) is 45.6 Å². The molecule has 2 aromatic rings. The van der Waals surface area contributed by atoms with Gasteiger partial charge < -0.3 is 4.90 Å². The Labute approximate surface area is 158 Å². The number of hydrogen-bond acceptors (Lipinski definition) is 4. The minimum Gasteiger partial charge on any atom is -0.303 e. The number of Topliss-reactive ketones (excluding diaryl/α,β-unsaturated/α-hetero) is 1. The fourth-order valence-electron chi connectivity index (χ4n) is 3.77. The molecule has 26 heavy (non-hydrogen) atoms. The molecule has 4 nitrogen and oxygen atoms in total. The summed E-state index contributed by atoms with van der Waals surface area (Å²) in [4.78, 5) is 24.4. The molecule has 0 radical (unpaired) electrons. The van der Waals surface area contributed by atoms with Crippen LogP contribution in [0.2, 0.25) is 5.02 Å². The number of nitrogens with zero attached hydrogens (tertiary/aromatic N) is 3. The van der Waals surface area contributed by atoms with Gasteiger partial charge in [0.2, 0.25) is 0 Å². The van der Waals surface area contributed by atoms with Crippen LogP contribution in [0.4, 0.5) is 5.82 Å². The quantitative estimate of drug-likeness (QED) is 0.716. The monoisotopic (exact) mass is 367 g/mol. The standard InChI is InChI=1S/C21H22ClN3O/c22-16-5-3-4-15(12-16)13-20(26)18-6-8-23-21-19(18)14-17(24-21)7-11-25-9-1-2-10-25/h3-6,8,12H,1-2,7,9-11,13-14H2. The molecule has 1 aromatic heterocycles. The Hall–Kier alpha value is -2.04. The van der Waals surface area contributed by atoms with Crippen molar-refractivity contribution in [3.8, 4) is 0 Å². The maximum atomic E-state index is 12.8. The minimum absolute atomic E-state index is 0.0990. The molecule has 3 heterocycles. The highest BCUT2D eigenvalue weighted by molar-refractivity contribution is 6.30. The number of ketones is 1. The summed E-state index contributed by atoms with van der Waals surface area (Å²) >= 11 is 6.03. The van der Waals surface area contributed by atoms with E-state index in [-0.39, 0.29) is 5.78 Å². The number of aromatic nitrogens is 1. The molecule has 2 aliphatic rings. The van der Waals surface area contributed by atoms with E-state index in [1.807, 2.05) is 30.3 Å². The zero-order valence-electron chi connectivity index (χ0n) is 14.7. The molecule has 5 heteroatoms. The molecule has 1 aromatic carbocycles. The van der Waals surface area contributed by atoms with E-state index in [1.54, 1.807) is 6.20 Å². The lowest BCUT2D eigenvalue weighted by molar-refractivity contribution is 0.0992. The van der Waals surface area contributed by atoms with Crippen LogP contribution in [0.15, 0.2) is 41.5 Å². The van der Waals surface area contributed by atoms with Crippen molar-refractivity contribution in [3.63, 3.8) is 0 Å². The van der Waals surface area contributed by atoms with Crippen LogP contribution in [0.3, 0.4) is 0 Å². The Morgan fingerprint density at radius 3 is 2.85 bits per heavy atom. The summed E-state index contributed by atoms with van der Waals surface area (Å²) in [5, 5.41) is 0.655. The van der Waals surface area contributed by atoms with E-state index in [0.717, 1.165) is 47.6 Å². The van der Waals surface area contributed by atoms with E-state index < -0.39 is 0 Å². The van der Waals surface area contributed by atoms with Gasteiger partial charge in [-0.2, -0.15) is 0 Å².